The molecule has 8 heteroatoms. The minimum Gasteiger partial charge on any atom is -0.364 e. The first kappa shape index (κ1) is 25.2. The van der Waals surface area contributed by atoms with Gasteiger partial charge in [-0.25, -0.2) is 4.98 Å². The van der Waals surface area contributed by atoms with Gasteiger partial charge in [-0.15, -0.1) is 0 Å². The second-order valence-electron chi connectivity index (χ2n) is 10.5. The summed E-state index contributed by atoms with van der Waals surface area (Å²) >= 11 is 0. The molecular weight excluding hydrogens is 476 g/mol. The van der Waals surface area contributed by atoms with Crippen LogP contribution < -0.4 is 16.0 Å². The van der Waals surface area contributed by atoms with Crippen molar-refractivity contribution in [1.82, 2.24) is 25.9 Å². The minimum atomic E-state index is -0.318. The predicted molar refractivity (Wildman–Crippen MR) is 150 cm³/mol. The summed E-state index contributed by atoms with van der Waals surface area (Å²) in [6.45, 7) is 2.93. The van der Waals surface area contributed by atoms with Crippen LogP contribution in [0.15, 0.2) is 53.5 Å². The summed E-state index contributed by atoms with van der Waals surface area (Å²) in [6.07, 6.45) is 4.96. The van der Waals surface area contributed by atoms with Gasteiger partial charge in [-0.3, -0.25) is 4.99 Å². The number of nitrogens with one attached hydrogen (secondary N) is 4. The highest BCUT2D eigenvalue weighted by Gasteiger charge is 2.27. The third kappa shape index (κ3) is 5.27. The third-order valence-electron chi connectivity index (χ3n) is 8.05. The lowest BCUT2D eigenvalue weighted by Gasteiger charge is -2.16. The summed E-state index contributed by atoms with van der Waals surface area (Å²) in [6, 6.07) is 18.5. The lowest BCUT2D eigenvalue weighted by molar-refractivity contribution is -0.101. The van der Waals surface area contributed by atoms with E-state index in [0.29, 0.717) is 12.5 Å². The Bertz CT molecular complexity index is 1240. The van der Waals surface area contributed by atoms with Gasteiger partial charge in [-0.05, 0) is 55.5 Å². The first-order chi connectivity index (χ1) is 18.7. The Morgan fingerprint density at radius 3 is 2.08 bits per heavy atom. The monoisotopic (exact) mass is 514 g/mol. The zero-order valence-corrected chi connectivity index (χ0v) is 22.3. The average Bonchev–Trinajstić information content (AvgIpc) is 3.78. The Labute approximate surface area is 224 Å². The van der Waals surface area contributed by atoms with Crippen LogP contribution in [-0.2, 0) is 15.9 Å². The Morgan fingerprint density at radius 2 is 1.45 bits per heavy atom. The molecule has 0 radical (unpaired) electrons. The van der Waals surface area contributed by atoms with Crippen LogP contribution in [0.2, 0.25) is 0 Å². The molecule has 0 aliphatic carbocycles. The lowest BCUT2D eigenvalue weighted by atomic mass is 9.99. The molecule has 0 spiro atoms. The number of amidine groups is 1. The zero-order chi connectivity index (χ0) is 25.9. The van der Waals surface area contributed by atoms with Crippen molar-refractivity contribution in [3.8, 4) is 22.4 Å². The van der Waals surface area contributed by atoms with Gasteiger partial charge < -0.3 is 30.4 Å². The van der Waals surface area contributed by atoms with Crippen LogP contribution in [-0.4, -0.2) is 62.0 Å². The highest BCUT2D eigenvalue weighted by molar-refractivity contribution is 5.89. The fraction of sp³-hybridized carbons (Fsp3) is 0.467. The van der Waals surface area contributed by atoms with E-state index >= 15 is 0 Å². The van der Waals surface area contributed by atoms with Gasteiger partial charge in [0.1, 0.15) is 11.7 Å². The van der Waals surface area contributed by atoms with E-state index in [1.807, 2.05) is 0 Å². The highest BCUT2D eigenvalue weighted by Crippen LogP contribution is 2.31. The van der Waals surface area contributed by atoms with Gasteiger partial charge in [0.2, 0.25) is 0 Å². The van der Waals surface area contributed by atoms with Crippen molar-refractivity contribution in [2.75, 3.05) is 33.9 Å². The Morgan fingerprint density at radius 1 is 0.816 bits per heavy atom. The smallest absolute Gasteiger partial charge is 0.162 e. The largest absolute Gasteiger partial charge is 0.364 e. The molecule has 38 heavy (non-hydrogen) atoms. The summed E-state index contributed by atoms with van der Waals surface area (Å²) in [7, 11) is 3.34. The number of aromatic amines is 1. The molecule has 0 bridgehead atoms. The maximum atomic E-state index is 5.48. The number of hydrogen-bond donors (Lipinski definition) is 4. The van der Waals surface area contributed by atoms with Crippen molar-refractivity contribution in [3.05, 3.63) is 65.6 Å². The number of aliphatic imine (C=N–C) groups is 1. The van der Waals surface area contributed by atoms with Gasteiger partial charge in [0.25, 0.3) is 0 Å². The maximum absolute atomic E-state index is 5.48. The number of ether oxygens (including phenoxy) is 2. The number of hydrogen-bond acceptors (Lipinski definition) is 7. The SMILES string of the molecule is COC(Cc1[nH]c([C@@H]2CCCN2)nc1-c1ccc(-c2ccc(C3CN=C([C@@H]4CCCN4)N3)cc2)cc1)OC. The predicted octanol–water partition coefficient (Wildman–Crippen LogP) is 4.12. The molecule has 3 atom stereocenters. The third-order valence-corrected chi connectivity index (χ3v) is 8.05. The molecule has 3 aliphatic rings. The molecule has 2 saturated heterocycles. The van der Waals surface area contributed by atoms with Gasteiger partial charge in [0, 0.05) is 31.9 Å². The number of imidazole rings is 1. The topological polar surface area (TPSA) is 95.6 Å². The minimum absolute atomic E-state index is 0.258. The number of nitrogens with zero attached hydrogens (tertiary/aromatic N) is 2. The van der Waals surface area contributed by atoms with Crippen molar-refractivity contribution in [2.24, 2.45) is 4.99 Å². The van der Waals surface area contributed by atoms with Crippen molar-refractivity contribution >= 4 is 5.84 Å². The molecule has 1 aromatic heterocycles. The second kappa shape index (κ2) is 11.4. The van der Waals surface area contributed by atoms with Crippen LogP contribution in [0.3, 0.4) is 0 Å². The van der Waals surface area contributed by atoms with Crippen LogP contribution in [0.4, 0.5) is 0 Å². The van der Waals surface area contributed by atoms with Crippen molar-refractivity contribution in [3.63, 3.8) is 0 Å². The van der Waals surface area contributed by atoms with Crippen LogP contribution in [0, 0.1) is 0 Å². The molecule has 2 fully saturated rings. The average molecular weight is 515 g/mol. The zero-order valence-electron chi connectivity index (χ0n) is 22.3. The molecule has 8 nitrogen and oxygen atoms in total. The molecule has 3 aliphatic heterocycles. The molecule has 200 valence electrons. The van der Waals surface area contributed by atoms with Gasteiger partial charge in [-0.1, -0.05) is 48.5 Å². The molecule has 2 aromatic carbocycles. The normalized spacial score (nSPS) is 23.2. The van der Waals surface area contributed by atoms with Crippen LogP contribution in [0.25, 0.3) is 22.4 Å². The fourth-order valence-electron chi connectivity index (χ4n) is 5.83. The maximum Gasteiger partial charge on any atom is 0.162 e. The van der Waals surface area contributed by atoms with Gasteiger partial charge in [-0.2, -0.15) is 0 Å². The van der Waals surface area contributed by atoms with Gasteiger partial charge in [0.15, 0.2) is 6.29 Å². The number of methoxy groups -OCH3 is 2. The van der Waals surface area contributed by atoms with Crippen LogP contribution >= 0.6 is 0 Å². The molecule has 4 N–H and O–H groups in total. The van der Waals surface area contributed by atoms with Crippen molar-refractivity contribution in [2.45, 2.75) is 56.5 Å². The molecule has 1 unspecified atom stereocenters. The summed E-state index contributed by atoms with van der Waals surface area (Å²) in [4.78, 5) is 13.4. The molecule has 0 saturated carbocycles. The molecule has 0 amide bonds. The summed E-state index contributed by atoms with van der Waals surface area (Å²) in [5, 5.41) is 10.7. The molecular formula is C30H38N6O2. The number of rotatable bonds is 9. The first-order valence-corrected chi connectivity index (χ1v) is 13.8. The summed E-state index contributed by atoms with van der Waals surface area (Å²) in [5.74, 6) is 2.12. The van der Waals surface area contributed by atoms with E-state index in [2.05, 4.69) is 69.5 Å². The lowest BCUT2D eigenvalue weighted by Crippen LogP contribution is -2.38. The van der Waals surface area contributed by atoms with E-state index in [-0.39, 0.29) is 18.4 Å². The number of benzene rings is 2. The van der Waals surface area contributed by atoms with Gasteiger partial charge >= 0.3 is 0 Å². The van der Waals surface area contributed by atoms with E-state index in [9.17, 15) is 0 Å². The summed E-state index contributed by atoms with van der Waals surface area (Å²) < 4.78 is 11.0. The van der Waals surface area contributed by atoms with E-state index in [0.717, 1.165) is 54.7 Å². The molecule has 3 aromatic rings. The quantitative estimate of drug-likeness (QED) is 0.321. The van der Waals surface area contributed by atoms with Crippen LogP contribution in [0.1, 0.15) is 54.8 Å². The Hall–Kier alpha value is -3.04. The summed E-state index contributed by atoms with van der Waals surface area (Å²) in [5.41, 5.74) is 6.77. The fourth-order valence-corrected chi connectivity index (χ4v) is 5.83. The second-order valence-corrected chi connectivity index (χ2v) is 10.5. The Kier molecular flexibility index (Phi) is 7.56. The first-order valence-electron chi connectivity index (χ1n) is 13.8. The van der Waals surface area contributed by atoms with Crippen LogP contribution in [0.5, 0.6) is 0 Å². The van der Waals surface area contributed by atoms with E-state index < -0.39 is 0 Å². The highest BCUT2D eigenvalue weighted by atomic mass is 16.7. The Balaban J connectivity index is 1.17. The van der Waals surface area contributed by atoms with E-state index in [4.69, 9.17) is 19.5 Å². The van der Waals surface area contributed by atoms with E-state index in [1.54, 1.807) is 14.2 Å². The number of H-pyrrole nitrogens is 1. The van der Waals surface area contributed by atoms with E-state index in [1.165, 1.54) is 36.0 Å². The molecule has 6 rings (SSSR count). The van der Waals surface area contributed by atoms with Crippen molar-refractivity contribution in [1.29, 1.82) is 0 Å². The number of aromatic nitrogens is 2. The molecule has 4 heterocycles. The standard InChI is InChI=1S/C30H38N6O2/c1-37-27(38-2)17-25-28(36-30(34-25)24-6-4-16-32-24)22-13-9-20(10-14-22)19-7-11-21(12-8-19)26-18-33-29(35-26)23-5-3-15-31-23/h7-14,23-24,26-27,31-32H,3-6,15-18H2,1-2H3,(H,33,35)(H,34,36)/t23-,24-,26?/m0/s1. The van der Waals surface area contributed by atoms with Gasteiger partial charge in [0.05, 0.1) is 30.4 Å². The van der Waals surface area contributed by atoms with Crippen molar-refractivity contribution < 1.29 is 9.47 Å².